The summed E-state index contributed by atoms with van der Waals surface area (Å²) < 4.78 is 12.6. The monoisotopic (exact) mass is 385 g/mol. The van der Waals surface area contributed by atoms with E-state index < -0.39 is 5.60 Å². The lowest BCUT2D eigenvalue weighted by Gasteiger charge is -2.54. The average Bonchev–Trinajstić information content (AvgIpc) is 2.96. The van der Waals surface area contributed by atoms with Gasteiger partial charge in [-0.1, -0.05) is 31.9 Å². The molecular weight excluding hydrogens is 350 g/mol. The molecule has 1 saturated heterocycles. The van der Waals surface area contributed by atoms with Gasteiger partial charge >= 0.3 is 0 Å². The summed E-state index contributed by atoms with van der Waals surface area (Å²) in [5, 5.41) is 20.6. The van der Waals surface area contributed by atoms with E-state index in [1.807, 2.05) is 0 Å². The molecule has 2 saturated carbocycles. The number of allylic oxidation sites excluding steroid dienone is 1. The van der Waals surface area contributed by atoms with Gasteiger partial charge in [-0.2, -0.15) is 5.26 Å². The Kier molecular flexibility index (Phi) is 4.13. The van der Waals surface area contributed by atoms with Crippen molar-refractivity contribution in [1.82, 2.24) is 0 Å². The average molecular weight is 386 g/mol. The summed E-state index contributed by atoms with van der Waals surface area (Å²) in [5.74, 6) is 1.41. The number of hydrogen-bond acceptors (Lipinski definition) is 4. The van der Waals surface area contributed by atoms with Gasteiger partial charge in [-0.15, -0.1) is 0 Å². The highest BCUT2D eigenvalue weighted by Gasteiger charge is 2.62. The predicted molar refractivity (Wildman–Crippen MR) is 106 cm³/mol. The first-order valence-corrected chi connectivity index (χ1v) is 11.3. The lowest BCUT2D eigenvalue weighted by molar-refractivity contribution is -0.303. The van der Waals surface area contributed by atoms with Gasteiger partial charge in [0, 0.05) is 23.7 Å². The summed E-state index contributed by atoms with van der Waals surface area (Å²) in [6, 6.07) is 2.29. The molecule has 4 nitrogen and oxygen atoms in total. The number of ether oxygens (including phenoxy) is 2. The van der Waals surface area contributed by atoms with Crippen molar-refractivity contribution in [2.45, 2.75) is 89.9 Å². The molecule has 0 aromatic rings. The van der Waals surface area contributed by atoms with Crippen LogP contribution in [0.25, 0.3) is 0 Å². The summed E-state index contributed by atoms with van der Waals surface area (Å²) in [4.78, 5) is 0. The zero-order chi connectivity index (χ0) is 19.8. The van der Waals surface area contributed by atoms with E-state index in [4.69, 9.17) is 9.47 Å². The molecule has 5 rings (SSSR count). The van der Waals surface area contributed by atoms with Crippen LogP contribution in [0.1, 0.15) is 78.6 Å². The van der Waals surface area contributed by atoms with Gasteiger partial charge in [-0.3, -0.25) is 0 Å². The number of nitriles is 1. The largest absolute Gasteiger partial charge is 0.375 e. The predicted octanol–water partition coefficient (Wildman–Crippen LogP) is 4.73. The SMILES string of the molecule is CC1(C)COC2(CCC3=C(CC[C@@H]4[C@@H]3CC[C@@]3(C)[C@H]4CC[C@]3(O)C#N)C2)OC1. The van der Waals surface area contributed by atoms with Crippen LogP contribution in [0, 0.1) is 39.9 Å². The smallest absolute Gasteiger partial charge is 0.172 e. The van der Waals surface area contributed by atoms with Crippen molar-refractivity contribution in [3.8, 4) is 6.07 Å². The van der Waals surface area contributed by atoms with Crippen molar-refractivity contribution >= 4 is 0 Å². The Morgan fingerprint density at radius 2 is 1.75 bits per heavy atom. The molecule has 5 aliphatic rings. The fourth-order valence-corrected chi connectivity index (χ4v) is 7.37. The van der Waals surface area contributed by atoms with E-state index in [0.717, 1.165) is 58.2 Å². The number of hydrogen-bond donors (Lipinski definition) is 1. The van der Waals surface area contributed by atoms with Crippen LogP contribution in [0.2, 0.25) is 0 Å². The van der Waals surface area contributed by atoms with Crippen LogP contribution in [-0.2, 0) is 9.47 Å². The van der Waals surface area contributed by atoms with Gasteiger partial charge in [-0.25, -0.2) is 0 Å². The molecule has 4 heteroatoms. The van der Waals surface area contributed by atoms with E-state index in [2.05, 4.69) is 26.8 Å². The van der Waals surface area contributed by atoms with Crippen molar-refractivity contribution in [2.75, 3.05) is 13.2 Å². The Morgan fingerprint density at radius 3 is 2.46 bits per heavy atom. The van der Waals surface area contributed by atoms with Gasteiger partial charge in [0.1, 0.15) is 0 Å². The Labute approximate surface area is 169 Å². The van der Waals surface area contributed by atoms with E-state index in [-0.39, 0.29) is 16.6 Å². The Morgan fingerprint density at radius 1 is 1.00 bits per heavy atom. The molecule has 28 heavy (non-hydrogen) atoms. The van der Waals surface area contributed by atoms with E-state index in [9.17, 15) is 10.4 Å². The molecule has 4 aliphatic carbocycles. The number of nitrogens with zero attached hydrogens (tertiary/aromatic N) is 1. The molecule has 0 aromatic carbocycles. The molecule has 0 amide bonds. The second kappa shape index (κ2) is 6.06. The quantitative estimate of drug-likeness (QED) is 0.484. The molecule has 154 valence electrons. The molecule has 0 radical (unpaired) electrons. The Hall–Kier alpha value is -0.890. The standard InChI is InChI=1S/C24H35NO3/c1-21(2)14-27-24(28-15-21)11-7-17-16(12-24)4-5-19-18(17)6-9-22(3)20(19)8-10-23(22,26)13-25/h18-20,26H,4-12,14-15H2,1-3H3/t18-,19-,20+,22+,23+/m1/s1. The topological polar surface area (TPSA) is 62.5 Å². The second-order valence-corrected chi connectivity index (χ2v) is 11.3. The van der Waals surface area contributed by atoms with Crippen LogP contribution in [0.15, 0.2) is 11.1 Å². The summed E-state index contributed by atoms with van der Waals surface area (Å²) in [6.45, 7) is 8.18. The second-order valence-electron chi connectivity index (χ2n) is 11.3. The first kappa shape index (κ1) is 19.1. The van der Waals surface area contributed by atoms with Crippen LogP contribution in [0.4, 0.5) is 0 Å². The van der Waals surface area contributed by atoms with E-state index >= 15 is 0 Å². The van der Waals surface area contributed by atoms with Crippen LogP contribution < -0.4 is 0 Å². The number of rotatable bonds is 0. The highest BCUT2D eigenvalue weighted by molar-refractivity contribution is 5.30. The highest BCUT2D eigenvalue weighted by atomic mass is 16.7. The third kappa shape index (κ3) is 2.59. The lowest BCUT2D eigenvalue weighted by atomic mass is 9.52. The van der Waals surface area contributed by atoms with Crippen LogP contribution >= 0.6 is 0 Å². The van der Waals surface area contributed by atoms with Gasteiger partial charge in [0.05, 0.1) is 19.3 Å². The van der Waals surface area contributed by atoms with Crippen molar-refractivity contribution in [3.05, 3.63) is 11.1 Å². The zero-order valence-corrected chi connectivity index (χ0v) is 17.7. The van der Waals surface area contributed by atoms with E-state index in [1.54, 1.807) is 11.1 Å². The summed E-state index contributed by atoms with van der Waals surface area (Å²) in [7, 11) is 0. The fraction of sp³-hybridized carbons (Fsp3) is 0.875. The fourth-order valence-electron chi connectivity index (χ4n) is 7.37. The van der Waals surface area contributed by atoms with Gasteiger partial charge in [0.15, 0.2) is 11.4 Å². The molecule has 3 fully saturated rings. The number of fused-ring (bicyclic) bond motifs is 4. The first-order chi connectivity index (χ1) is 13.2. The van der Waals surface area contributed by atoms with Crippen molar-refractivity contribution in [2.24, 2.45) is 28.6 Å². The van der Waals surface area contributed by atoms with Gasteiger partial charge < -0.3 is 14.6 Å². The van der Waals surface area contributed by atoms with Crippen LogP contribution in [0.5, 0.6) is 0 Å². The van der Waals surface area contributed by atoms with E-state index in [0.29, 0.717) is 24.2 Å². The first-order valence-electron chi connectivity index (χ1n) is 11.3. The minimum Gasteiger partial charge on any atom is -0.375 e. The maximum atomic E-state index is 11.0. The Bertz CT molecular complexity index is 739. The molecule has 0 aromatic heterocycles. The lowest BCUT2D eigenvalue weighted by Crippen LogP contribution is -2.52. The highest BCUT2D eigenvalue weighted by Crippen LogP contribution is 2.64. The maximum absolute atomic E-state index is 11.0. The minimum absolute atomic E-state index is 0.116. The molecule has 0 unspecified atom stereocenters. The molecule has 0 bridgehead atoms. The van der Waals surface area contributed by atoms with Crippen molar-refractivity contribution < 1.29 is 14.6 Å². The summed E-state index contributed by atoms with van der Waals surface area (Å²) >= 11 is 0. The van der Waals surface area contributed by atoms with E-state index in [1.165, 1.54) is 6.42 Å². The maximum Gasteiger partial charge on any atom is 0.172 e. The van der Waals surface area contributed by atoms with Crippen molar-refractivity contribution in [3.63, 3.8) is 0 Å². The third-order valence-electron chi connectivity index (χ3n) is 9.16. The Balaban J connectivity index is 1.37. The number of aliphatic hydroxyl groups is 1. The molecule has 5 atom stereocenters. The van der Waals surface area contributed by atoms with Crippen LogP contribution in [0.3, 0.4) is 0 Å². The molecular formula is C24H35NO3. The molecule has 1 heterocycles. The van der Waals surface area contributed by atoms with Crippen LogP contribution in [-0.4, -0.2) is 29.7 Å². The summed E-state index contributed by atoms with van der Waals surface area (Å²) in [5.41, 5.74) is 2.06. The van der Waals surface area contributed by atoms with Gasteiger partial charge in [0.2, 0.25) is 0 Å². The minimum atomic E-state index is -1.12. The van der Waals surface area contributed by atoms with Crippen molar-refractivity contribution in [1.29, 1.82) is 5.26 Å². The zero-order valence-electron chi connectivity index (χ0n) is 17.7. The third-order valence-corrected chi connectivity index (χ3v) is 9.16. The molecule has 1 spiro atoms. The van der Waals surface area contributed by atoms with Gasteiger partial charge in [0.25, 0.3) is 0 Å². The molecule has 1 N–H and O–H groups in total. The summed E-state index contributed by atoms with van der Waals surface area (Å²) in [6.07, 6.45) is 9.15. The normalized spacial score (nSPS) is 46.5. The van der Waals surface area contributed by atoms with Gasteiger partial charge in [-0.05, 0) is 62.7 Å². The molecule has 1 aliphatic heterocycles.